The first-order chi connectivity index (χ1) is 12.4. The predicted molar refractivity (Wildman–Crippen MR) is 91.9 cm³/mol. The number of hydrogen-bond acceptors (Lipinski definition) is 4. The summed E-state index contributed by atoms with van der Waals surface area (Å²) in [6.45, 7) is 0.690. The molecule has 2 amide bonds. The third-order valence-electron chi connectivity index (χ3n) is 4.33. The highest BCUT2D eigenvalue weighted by molar-refractivity contribution is 7.13. The van der Waals surface area contributed by atoms with E-state index in [0.717, 1.165) is 6.07 Å². The topological polar surface area (TPSA) is 65.5 Å². The minimum atomic E-state index is -4.37. The number of aliphatic hydroxyl groups is 1. The number of nitrogens with one attached hydrogen (secondary N) is 1. The first kappa shape index (κ1) is 18.7. The Morgan fingerprint density at radius 1 is 1.38 bits per heavy atom. The molecule has 0 unspecified atom stereocenters. The molecular weight excluding hydrogens is 367 g/mol. The minimum Gasteiger partial charge on any atom is -0.390 e. The van der Waals surface area contributed by atoms with Crippen LogP contribution in [0.4, 0.5) is 23.1 Å². The van der Waals surface area contributed by atoms with Crippen molar-refractivity contribution < 1.29 is 23.1 Å². The van der Waals surface area contributed by atoms with Crippen LogP contribution in [0.3, 0.4) is 0 Å². The zero-order valence-corrected chi connectivity index (χ0v) is 14.6. The molecule has 0 saturated carbocycles. The molecule has 1 fully saturated rings. The number of alkyl halides is 3. The van der Waals surface area contributed by atoms with Gasteiger partial charge in [-0.2, -0.15) is 13.2 Å². The number of carbonyl (C=O) groups excluding carboxylic acids is 1. The summed E-state index contributed by atoms with van der Waals surface area (Å²) in [4.78, 5) is 17.9. The molecule has 1 aliphatic heterocycles. The second-order valence-electron chi connectivity index (χ2n) is 6.19. The lowest BCUT2D eigenvalue weighted by Gasteiger charge is -2.18. The van der Waals surface area contributed by atoms with Crippen molar-refractivity contribution >= 4 is 22.5 Å². The molecule has 9 heteroatoms. The van der Waals surface area contributed by atoms with Gasteiger partial charge in [0.25, 0.3) is 0 Å². The number of nitrogens with zero attached hydrogens (tertiary/aromatic N) is 2. The number of halogens is 3. The molecule has 0 aliphatic carbocycles. The largest absolute Gasteiger partial charge is 0.416 e. The number of likely N-dealkylation sites (tertiary alicyclic amines) is 1. The standard InChI is InChI=1S/C17H18F3N3O2S/c18-17(19,20)14-4-2-1-3-12(14)7-11-5-6-23(8-11)16(25)22-15-21-13(9-24)10-26-15/h1-4,10-11,24H,5-9H2,(H,21,22,25)/t11-/m1/s1. The van der Waals surface area contributed by atoms with Crippen molar-refractivity contribution in [3.63, 3.8) is 0 Å². The monoisotopic (exact) mass is 385 g/mol. The summed E-state index contributed by atoms with van der Waals surface area (Å²) in [6.07, 6.45) is -3.44. The molecule has 0 spiro atoms. The fourth-order valence-electron chi connectivity index (χ4n) is 3.08. The maximum Gasteiger partial charge on any atom is 0.416 e. The Kier molecular flexibility index (Phi) is 5.47. The van der Waals surface area contributed by atoms with Crippen molar-refractivity contribution in [1.82, 2.24) is 9.88 Å². The summed E-state index contributed by atoms with van der Waals surface area (Å²) >= 11 is 1.21. The number of thiazole rings is 1. The number of carbonyl (C=O) groups is 1. The number of anilines is 1. The van der Waals surface area contributed by atoms with Crippen molar-refractivity contribution in [3.8, 4) is 0 Å². The molecule has 0 radical (unpaired) electrons. The van der Waals surface area contributed by atoms with Gasteiger partial charge in [-0.15, -0.1) is 11.3 Å². The van der Waals surface area contributed by atoms with Gasteiger partial charge in [0.15, 0.2) is 5.13 Å². The summed E-state index contributed by atoms with van der Waals surface area (Å²) in [6, 6.07) is 5.25. The number of rotatable bonds is 4. The highest BCUT2D eigenvalue weighted by Crippen LogP contribution is 2.34. The summed E-state index contributed by atoms with van der Waals surface area (Å²) in [5.41, 5.74) is 0.135. The minimum absolute atomic E-state index is 0.0199. The number of urea groups is 1. The van der Waals surface area contributed by atoms with Crippen LogP contribution in [0.15, 0.2) is 29.6 Å². The Morgan fingerprint density at radius 2 is 2.15 bits per heavy atom. The van der Waals surface area contributed by atoms with Gasteiger partial charge in [-0.1, -0.05) is 18.2 Å². The first-order valence-electron chi connectivity index (χ1n) is 8.13. The van der Waals surface area contributed by atoms with Crippen molar-refractivity contribution in [1.29, 1.82) is 0 Å². The van der Waals surface area contributed by atoms with E-state index in [1.165, 1.54) is 23.5 Å². The van der Waals surface area contributed by atoms with Crippen LogP contribution in [-0.2, 0) is 19.2 Å². The van der Waals surface area contributed by atoms with Crippen LogP contribution in [0, 0.1) is 5.92 Å². The van der Waals surface area contributed by atoms with Crippen LogP contribution in [0.25, 0.3) is 0 Å². The van der Waals surface area contributed by atoms with Gasteiger partial charge in [-0.05, 0) is 30.4 Å². The Labute approximate surface area is 152 Å². The number of hydrogen-bond donors (Lipinski definition) is 2. The van der Waals surface area contributed by atoms with E-state index in [1.54, 1.807) is 16.3 Å². The maximum absolute atomic E-state index is 13.1. The Morgan fingerprint density at radius 3 is 2.85 bits per heavy atom. The predicted octanol–water partition coefficient (Wildman–Crippen LogP) is 3.75. The molecule has 0 bridgehead atoms. The average Bonchev–Trinajstić information content (AvgIpc) is 3.23. The molecule has 1 saturated heterocycles. The second kappa shape index (κ2) is 7.63. The van der Waals surface area contributed by atoms with E-state index in [0.29, 0.717) is 30.3 Å². The van der Waals surface area contributed by atoms with Gasteiger partial charge < -0.3 is 10.0 Å². The maximum atomic E-state index is 13.1. The Bertz CT molecular complexity index is 779. The highest BCUT2D eigenvalue weighted by Gasteiger charge is 2.34. The van der Waals surface area contributed by atoms with Crippen LogP contribution >= 0.6 is 11.3 Å². The van der Waals surface area contributed by atoms with Crippen molar-refractivity contribution in [3.05, 3.63) is 46.5 Å². The molecule has 3 rings (SSSR count). The lowest BCUT2D eigenvalue weighted by atomic mass is 9.95. The molecule has 1 atom stereocenters. The van der Waals surface area contributed by atoms with Crippen LogP contribution in [0.1, 0.15) is 23.2 Å². The van der Waals surface area contributed by atoms with Crippen LogP contribution in [0.5, 0.6) is 0 Å². The Balaban J connectivity index is 1.60. The SMILES string of the molecule is O=C(Nc1nc(CO)cs1)N1CC[C@H](Cc2ccccc2C(F)(F)F)C1. The summed E-state index contributed by atoms with van der Waals surface area (Å²) in [5, 5.41) is 13.7. The number of aromatic nitrogens is 1. The fraction of sp³-hybridized carbons (Fsp3) is 0.412. The number of aliphatic hydroxyl groups excluding tert-OH is 1. The van der Waals surface area contributed by atoms with E-state index in [2.05, 4.69) is 10.3 Å². The molecular formula is C17H18F3N3O2S. The van der Waals surface area contributed by atoms with E-state index in [-0.39, 0.29) is 30.5 Å². The normalized spacial score (nSPS) is 17.5. The molecule has 1 aliphatic rings. The zero-order valence-electron chi connectivity index (χ0n) is 13.8. The quantitative estimate of drug-likeness (QED) is 0.843. The summed E-state index contributed by atoms with van der Waals surface area (Å²) in [5.74, 6) is -0.0199. The zero-order chi connectivity index (χ0) is 18.7. The van der Waals surface area contributed by atoms with E-state index in [1.807, 2.05) is 0 Å². The van der Waals surface area contributed by atoms with Crippen LogP contribution in [-0.4, -0.2) is 34.1 Å². The average molecular weight is 385 g/mol. The fourth-order valence-corrected chi connectivity index (χ4v) is 3.77. The van der Waals surface area contributed by atoms with Gasteiger partial charge >= 0.3 is 12.2 Å². The van der Waals surface area contributed by atoms with E-state index < -0.39 is 11.7 Å². The molecule has 26 heavy (non-hydrogen) atoms. The lowest BCUT2D eigenvalue weighted by molar-refractivity contribution is -0.138. The molecule has 2 heterocycles. The summed E-state index contributed by atoms with van der Waals surface area (Å²) in [7, 11) is 0. The second-order valence-corrected chi connectivity index (χ2v) is 7.05. The van der Waals surface area contributed by atoms with Crippen molar-refractivity contribution in [2.24, 2.45) is 5.92 Å². The van der Waals surface area contributed by atoms with Crippen LogP contribution in [0.2, 0.25) is 0 Å². The van der Waals surface area contributed by atoms with Gasteiger partial charge in [-0.25, -0.2) is 9.78 Å². The third-order valence-corrected chi connectivity index (χ3v) is 5.14. The number of benzene rings is 1. The lowest BCUT2D eigenvalue weighted by Crippen LogP contribution is -2.33. The van der Waals surface area contributed by atoms with Crippen molar-refractivity contribution in [2.75, 3.05) is 18.4 Å². The van der Waals surface area contributed by atoms with Gasteiger partial charge in [-0.3, -0.25) is 5.32 Å². The Hall–Kier alpha value is -2.13. The summed E-state index contributed by atoms with van der Waals surface area (Å²) < 4.78 is 39.3. The van der Waals surface area contributed by atoms with Gasteiger partial charge in [0.1, 0.15) is 0 Å². The van der Waals surface area contributed by atoms with Crippen molar-refractivity contribution in [2.45, 2.75) is 25.6 Å². The molecule has 2 N–H and O–H groups in total. The van der Waals surface area contributed by atoms with Gasteiger partial charge in [0.2, 0.25) is 0 Å². The molecule has 1 aromatic heterocycles. The smallest absolute Gasteiger partial charge is 0.390 e. The number of amides is 2. The molecule has 2 aromatic rings. The molecule has 5 nitrogen and oxygen atoms in total. The van der Waals surface area contributed by atoms with E-state index in [9.17, 15) is 18.0 Å². The molecule has 140 valence electrons. The highest BCUT2D eigenvalue weighted by atomic mass is 32.1. The van der Waals surface area contributed by atoms with Gasteiger partial charge in [0.05, 0.1) is 17.9 Å². The van der Waals surface area contributed by atoms with E-state index >= 15 is 0 Å². The molecule has 1 aromatic carbocycles. The van der Waals surface area contributed by atoms with E-state index in [4.69, 9.17) is 5.11 Å². The van der Waals surface area contributed by atoms with Gasteiger partial charge in [0, 0.05) is 18.5 Å². The first-order valence-corrected chi connectivity index (χ1v) is 9.01. The third kappa shape index (κ3) is 4.34. The van der Waals surface area contributed by atoms with Crippen LogP contribution < -0.4 is 5.32 Å².